The number of hydrogen-bond acceptors (Lipinski definition) is 2. The van der Waals surface area contributed by atoms with E-state index < -0.39 is 0 Å². The summed E-state index contributed by atoms with van der Waals surface area (Å²) in [5, 5.41) is 0. The van der Waals surface area contributed by atoms with Crippen LogP contribution in [0.25, 0.3) is 0 Å². The highest BCUT2D eigenvalue weighted by Crippen LogP contribution is 2.25. The second-order valence-electron chi connectivity index (χ2n) is 3.72. The molecule has 0 amide bonds. The van der Waals surface area contributed by atoms with Gasteiger partial charge >= 0.3 is 0 Å². The maximum Gasteiger partial charge on any atom is 0.191 e. The van der Waals surface area contributed by atoms with E-state index in [1.807, 2.05) is 19.2 Å². The Morgan fingerprint density at radius 3 is 2.81 bits per heavy atom. The molecule has 1 aromatic rings. The summed E-state index contributed by atoms with van der Waals surface area (Å²) in [5.41, 5.74) is 5.86. The molecule has 1 saturated carbocycles. The molecule has 1 aliphatic rings. The fourth-order valence-electron chi connectivity index (χ4n) is 1.36. The summed E-state index contributed by atoms with van der Waals surface area (Å²) in [5.74, 6) is 0.627. The molecule has 0 atom stereocenters. The van der Waals surface area contributed by atoms with Crippen molar-refractivity contribution >= 4 is 52.9 Å². The van der Waals surface area contributed by atoms with Gasteiger partial charge in [-0.2, -0.15) is 0 Å². The number of aliphatic imine (C=N–C) groups is 1. The van der Waals surface area contributed by atoms with Gasteiger partial charge in [-0.1, -0.05) is 11.6 Å². The van der Waals surface area contributed by atoms with Crippen LogP contribution in [0.1, 0.15) is 17.7 Å². The lowest BCUT2D eigenvalue weighted by molar-refractivity contribution is 0.487. The molecule has 90 valence electrons. The molecule has 1 aliphatic carbocycles. The summed E-state index contributed by atoms with van der Waals surface area (Å²) < 4.78 is 0.800. The van der Waals surface area contributed by atoms with Gasteiger partial charge in [-0.15, -0.1) is 35.3 Å². The van der Waals surface area contributed by atoms with Crippen LogP contribution in [0.2, 0.25) is 4.34 Å². The molecule has 1 aromatic heterocycles. The fraction of sp³-hybridized carbons (Fsp3) is 0.500. The molecule has 6 heteroatoms. The molecule has 0 unspecified atom stereocenters. The van der Waals surface area contributed by atoms with E-state index in [1.165, 1.54) is 12.8 Å². The first-order valence-corrected chi connectivity index (χ1v) is 6.13. The quantitative estimate of drug-likeness (QED) is 0.504. The molecule has 0 aliphatic heterocycles. The van der Waals surface area contributed by atoms with Crippen molar-refractivity contribution in [2.45, 2.75) is 25.4 Å². The first-order chi connectivity index (χ1) is 7.16. The molecule has 0 aromatic carbocycles. The van der Waals surface area contributed by atoms with Crippen molar-refractivity contribution in [3.8, 4) is 0 Å². The summed E-state index contributed by atoms with van der Waals surface area (Å²) in [4.78, 5) is 7.54. The average molecular weight is 372 g/mol. The number of nitrogens with two attached hydrogens (primary N) is 1. The highest BCUT2D eigenvalue weighted by molar-refractivity contribution is 14.0. The van der Waals surface area contributed by atoms with E-state index in [4.69, 9.17) is 17.3 Å². The van der Waals surface area contributed by atoms with Crippen LogP contribution in [0.3, 0.4) is 0 Å². The van der Waals surface area contributed by atoms with Gasteiger partial charge in [0.2, 0.25) is 0 Å². The van der Waals surface area contributed by atoms with Gasteiger partial charge in [-0.05, 0) is 25.0 Å². The van der Waals surface area contributed by atoms with Crippen molar-refractivity contribution in [3.05, 3.63) is 21.3 Å². The van der Waals surface area contributed by atoms with E-state index in [9.17, 15) is 0 Å². The van der Waals surface area contributed by atoms with Gasteiger partial charge in [-0.25, -0.2) is 4.99 Å². The van der Waals surface area contributed by atoms with Crippen molar-refractivity contribution in [1.82, 2.24) is 4.90 Å². The van der Waals surface area contributed by atoms with Crippen LogP contribution in [-0.4, -0.2) is 23.9 Å². The summed E-state index contributed by atoms with van der Waals surface area (Å²) in [6.45, 7) is 0.625. The molecule has 2 N–H and O–H groups in total. The first kappa shape index (κ1) is 14.1. The minimum absolute atomic E-state index is 0. The summed E-state index contributed by atoms with van der Waals surface area (Å²) in [7, 11) is 2.00. The predicted octanol–water partition coefficient (Wildman–Crippen LogP) is 2.93. The highest BCUT2D eigenvalue weighted by atomic mass is 127. The number of thiophene rings is 1. The Morgan fingerprint density at radius 1 is 1.62 bits per heavy atom. The van der Waals surface area contributed by atoms with Crippen LogP contribution < -0.4 is 5.73 Å². The molecule has 1 heterocycles. The van der Waals surface area contributed by atoms with E-state index in [0.29, 0.717) is 18.5 Å². The molecule has 0 bridgehead atoms. The minimum Gasteiger partial charge on any atom is -0.370 e. The fourth-order valence-corrected chi connectivity index (χ4v) is 2.37. The lowest BCUT2D eigenvalue weighted by Gasteiger charge is -2.16. The third kappa shape index (κ3) is 3.78. The SMILES string of the molecule is CN(C(N)=NCc1ccc(Cl)s1)C1CC1.I. The van der Waals surface area contributed by atoms with Gasteiger partial charge in [0.05, 0.1) is 10.9 Å². The zero-order valence-electron chi connectivity index (χ0n) is 9.02. The average Bonchev–Trinajstić information content (AvgIpc) is 2.98. The van der Waals surface area contributed by atoms with E-state index >= 15 is 0 Å². The van der Waals surface area contributed by atoms with Gasteiger partial charge in [0, 0.05) is 18.0 Å². The molecule has 1 fully saturated rings. The Bertz CT molecular complexity index is 376. The lowest BCUT2D eigenvalue weighted by atomic mass is 10.5. The second-order valence-corrected chi connectivity index (χ2v) is 5.52. The van der Waals surface area contributed by atoms with Gasteiger partial charge in [0.15, 0.2) is 5.96 Å². The second kappa shape index (κ2) is 6.07. The molecule has 2 rings (SSSR count). The third-order valence-corrected chi connectivity index (χ3v) is 3.70. The van der Waals surface area contributed by atoms with Crippen molar-refractivity contribution in [2.24, 2.45) is 10.7 Å². The maximum atomic E-state index is 5.86. The first-order valence-electron chi connectivity index (χ1n) is 4.94. The van der Waals surface area contributed by atoms with Gasteiger partial charge in [0.1, 0.15) is 0 Å². The van der Waals surface area contributed by atoms with Crippen molar-refractivity contribution in [1.29, 1.82) is 0 Å². The summed E-state index contributed by atoms with van der Waals surface area (Å²) in [6.07, 6.45) is 2.47. The Morgan fingerprint density at radius 2 is 2.31 bits per heavy atom. The molecular weight excluding hydrogens is 357 g/mol. The van der Waals surface area contributed by atoms with E-state index in [1.54, 1.807) is 11.3 Å². The number of nitrogens with zero attached hydrogens (tertiary/aromatic N) is 2. The Hall–Kier alpha value is -0.0100. The van der Waals surface area contributed by atoms with E-state index in [0.717, 1.165) is 9.21 Å². The van der Waals surface area contributed by atoms with Gasteiger partial charge < -0.3 is 10.6 Å². The van der Waals surface area contributed by atoms with Crippen molar-refractivity contribution in [2.75, 3.05) is 7.05 Å². The number of hydrogen-bond donors (Lipinski definition) is 1. The van der Waals surface area contributed by atoms with Crippen LogP contribution in [-0.2, 0) is 6.54 Å². The smallest absolute Gasteiger partial charge is 0.191 e. The molecular formula is C10H15ClIN3S. The topological polar surface area (TPSA) is 41.6 Å². The Labute approximate surface area is 122 Å². The standard InChI is InChI=1S/C10H14ClN3S.HI/c1-14(7-2-3-7)10(12)13-6-8-4-5-9(11)15-8;/h4-5,7H,2-3,6H2,1H3,(H2,12,13);1H. The molecule has 0 spiro atoms. The Balaban J connectivity index is 0.00000128. The van der Waals surface area contributed by atoms with Crippen LogP contribution in [0.5, 0.6) is 0 Å². The molecule has 16 heavy (non-hydrogen) atoms. The highest BCUT2D eigenvalue weighted by Gasteiger charge is 2.27. The van der Waals surface area contributed by atoms with Crippen LogP contribution in [0.4, 0.5) is 0 Å². The summed E-state index contributed by atoms with van der Waals surface area (Å²) >= 11 is 7.38. The van der Waals surface area contributed by atoms with Gasteiger partial charge in [0.25, 0.3) is 0 Å². The van der Waals surface area contributed by atoms with Crippen molar-refractivity contribution < 1.29 is 0 Å². The van der Waals surface area contributed by atoms with Crippen LogP contribution in [0.15, 0.2) is 17.1 Å². The lowest BCUT2D eigenvalue weighted by Crippen LogP contribution is -2.35. The molecule has 0 saturated heterocycles. The largest absolute Gasteiger partial charge is 0.370 e. The van der Waals surface area contributed by atoms with Crippen LogP contribution in [0, 0.1) is 0 Å². The summed E-state index contributed by atoms with van der Waals surface area (Å²) in [6, 6.07) is 4.49. The maximum absolute atomic E-state index is 5.86. The molecule has 0 radical (unpaired) electrons. The monoisotopic (exact) mass is 371 g/mol. The van der Waals surface area contributed by atoms with E-state index in [2.05, 4.69) is 9.89 Å². The van der Waals surface area contributed by atoms with E-state index in [-0.39, 0.29) is 24.0 Å². The zero-order valence-corrected chi connectivity index (χ0v) is 12.9. The predicted molar refractivity (Wildman–Crippen MR) is 80.9 cm³/mol. The van der Waals surface area contributed by atoms with Crippen LogP contribution >= 0.6 is 46.9 Å². The zero-order chi connectivity index (χ0) is 10.8. The Kier molecular flexibility index (Phi) is 5.33. The third-order valence-electron chi connectivity index (χ3n) is 2.48. The number of halogens is 2. The number of guanidine groups is 1. The number of rotatable bonds is 3. The minimum atomic E-state index is 0. The van der Waals surface area contributed by atoms with Crippen molar-refractivity contribution in [3.63, 3.8) is 0 Å². The molecule has 3 nitrogen and oxygen atoms in total. The normalized spacial score (nSPS) is 15.8. The van der Waals surface area contributed by atoms with Gasteiger partial charge in [-0.3, -0.25) is 0 Å².